The Kier molecular flexibility index (Phi) is 5.98. The average molecular weight is 395 g/mol. The Bertz CT molecular complexity index is 805. The summed E-state index contributed by atoms with van der Waals surface area (Å²) in [6.07, 6.45) is 0.808. The van der Waals surface area contributed by atoms with Crippen LogP contribution in [0.15, 0.2) is 23.1 Å². The van der Waals surface area contributed by atoms with E-state index in [1.807, 2.05) is 13.0 Å². The van der Waals surface area contributed by atoms with E-state index in [4.69, 9.17) is 11.6 Å². The molecule has 0 bridgehead atoms. The molecule has 8 heteroatoms. The van der Waals surface area contributed by atoms with E-state index in [1.165, 1.54) is 11.3 Å². The second-order valence-corrected chi connectivity index (χ2v) is 9.17. The quantitative estimate of drug-likeness (QED) is 0.836. The summed E-state index contributed by atoms with van der Waals surface area (Å²) in [6, 6.07) is 5.38. The molecule has 2 aromatic rings. The summed E-state index contributed by atoms with van der Waals surface area (Å²) in [7, 11) is -3.55. The highest BCUT2D eigenvalue weighted by atomic mass is 35.5. The van der Waals surface area contributed by atoms with E-state index in [0.29, 0.717) is 15.3 Å². The molecule has 0 spiro atoms. The highest BCUT2D eigenvalue weighted by molar-refractivity contribution is 7.90. The van der Waals surface area contributed by atoms with Crippen molar-refractivity contribution in [3.63, 3.8) is 0 Å². The molecule has 128 valence electrons. The molecule has 1 aromatic carbocycles. The second kappa shape index (κ2) is 7.25. The first-order valence-corrected chi connectivity index (χ1v) is 9.98. The van der Waals surface area contributed by atoms with E-state index in [-0.39, 0.29) is 24.4 Å². The number of sulfonamides is 1. The minimum absolute atomic E-state index is 0. The summed E-state index contributed by atoms with van der Waals surface area (Å²) in [4.78, 5) is 1.17. The number of rotatable bonds is 3. The molecule has 1 aliphatic heterocycles. The molecule has 0 aliphatic carbocycles. The number of fused-ring (bicyclic) bond motifs is 1. The predicted molar refractivity (Wildman–Crippen MR) is 99.6 cm³/mol. The molecule has 2 unspecified atom stereocenters. The van der Waals surface area contributed by atoms with Gasteiger partial charge < -0.3 is 5.32 Å². The summed E-state index contributed by atoms with van der Waals surface area (Å²) >= 11 is 7.53. The third kappa shape index (κ3) is 3.83. The highest BCUT2D eigenvalue weighted by Crippen LogP contribution is 2.36. The molecule has 1 fully saturated rings. The first-order valence-electron chi connectivity index (χ1n) is 7.30. The minimum Gasteiger partial charge on any atom is -0.316 e. The van der Waals surface area contributed by atoms with E-state index >= 15 is 0 Å². The monoisotopic (exact) mass is 394 g/mol. The molecule has 4 nitrogen and oxygen atoms in total. The number of hydrogen-bond donors (Lipinski definition) is 2. The van der Waals surface area contributed by atoms with Gasteiger partial charge in [0.25, 0.3) is 0 Å². The topological polar surface area (TPSA) is 58.2 Å². The molecule has 3 rings (SSSR count). The zero-order valence-electron chi connectivity index (χ0n) is 12.9. The third-order valence-corrected chi connectivity index (χ3v) is 7.26. The van der Waals surface area contributed by atoms with Gasteiger partial charge in [0, 0.05) is 26.0 Å². The molecular formula is C15H20Cl2N2O2S2. The van der Waals surface area contributed by atoms with E-state index in [1.54, 1.807) is 12.1 Å². The normalized spacial score (nSPS) is 22.0. The Morgan fingerprint density at radius 3 is 2.83 bits per heavy atom. The van der Waals surface area contributed by atoms with Crippen molar-refractivity contribution in [1.82, 2.24) is 10.0 Å². The lowest BCUT2D eigenvalue weighted by Crippen LogP contribution is -2.48. The van der Waals surface area contributed by atoms with Crippen LogP contribution in [0, 0.1) is 12.8 Å². The second-order valence-electron chi connectivity index (χ2n) is 5.83. The van der Waals surface area contributed by atoms with Crippen LogP contribution in [0.2, 0.25) is 5.02 Å². The Morgan fingerprint density at radius 1 is 1.39 bits per heavy atom. The SMILES string of the molecule is Cc1sc2ccc(Cl)cc2c1S(=O)(=O)NC1CCNCC1C.Cl. The molecule has 23 heavy (non-hydrogen) atoms. The summed E-state index contributed by atoms with van der Waals surface area (Å²) in [5.74, 6) is 0.275. The molecule has 0 amide bonds. The van der Waals surface area contributed by atoms with Gasteiger partial charge in [-0.1, -0.05) is 18.5 Å². The largest absolute Gasteiger partial charge is 0.316 e. The maximum absolute atomic E-state index is 12.9. The van der Waals surface area contributed by atoms with Gasteiger partial charge in [-0.25, -0.2) is 13.1 Å². The fraction of sp³-hybridized carbons (Fsp3) is 0.467. The zero-order chi connectivity index (χ0) is 15.9. The van der Waals surface area contributed by atoms with Crippen molar-refractivity contribution < 1.29 is 8.42 Å². The lowest BCUT2D eigenvalue weighted by Gasteiger charge is -2.30. The summed E-state index contributed by atoms with van der Waals surface area (Å²) in [5.41, 5.74) is 0. The van der Waals surface area contributed by atoms with E-state index < -0.39 is 10.0 Å². The molecule has 1 saturated heterocycles. The van der Waals surface area contributed by atoms with Gasteiger partial charge in [-0.05, 0) is 50.6 Å². The van der Waals surface area contributed by atoms with Crippen LogP contribution in [-0.4, -0.2) is 27.5 Å². The fourth-order valence-electron chi connectivity index (χ4n) is 2.95. The summed E-state index contributed by atoms with van der Waals surface area (Å²) < 4.78 is 29.6. The number of halogens is 2. The van der Waals surface area contributed by atoms with E-state index in [2.05, 4.69) is 17.0 Å². The van der Waals surface area contributed by atoms with Crippen LogP contribution in [0.25, 0.3) is 10.1 Å². The number of aryl methyl sites for hydroxylation is 1. The average Bonchev–Trinajstić information content (AvgIpc) is 2.77. The summed E-state index contributed by atoms with van der Waals surface area (Å²) in [5, 5.41) is 4.55. The van der Waals surface area contributed by atoms with Gasteiger partial charge in [-0.15, -0.1) is 23.7 Å². The van der Waals surface area contributed by atoms with Crippen molar-refractivity contribution >= 4 is 55.5 Å². The maximum Gasteiger partial charge on any atom is 0.242 e. The lowest BCUT2D eigenvalue weighted by molar-refractivity contribution is 0.328. The molecule has 1 aliphatic rings. The minimum atomic E-state index is -3.55. The molecule has 2 atom stereocenters. The first-order chi connectivity index (χ1) is 10.4. The smallest absolute Gasteiger partial charge is 0.242 e. The Balaban J connectivity index is 0.00000192. The molecule has 2 N–H and O–H groups in total. The van der Waals surface area contributed by atoms with Crippen molar-refractivity contribution in [3.05, 3.63) is 28.1 Å². The number of piperidine rings is 1. The third-order valence-electron chi connectivity index (χ3n) is 4.13. The molecule has 2 heterocycles. The van der Waals surface area contributed by atoms with Crippen LogP contribution in [-0.2, 0) is 10.0 Å². The van der Waals surface area contributed by atoms with Gasteiger partial charge >= 0.3 is 0 Å². The number of hydrogen-bond acceptors (Lipinski definition) is 4. The van der Waals surface area contributed by atoms with Gasteiger partial charge in [0.2, 0.25) is 10.0 Å². The van der Waals surface area contributed by atoms with Crippen LogP contribution in [0.3, 0.4) is 0 Å². The number of nitrogens with one attached hydrogen (secondary N) is 2. The van der Waals surface area contributed by atoms with Crippen LogP contribution in [0.1, 0.15) is 18.2 Å². The number of thiophene rings is 1. The molecule has 0 saturated carbocycles. The van der Waals surface area contributed by atoms with Crippen molar-refractivity contribution in [1.29, 1.82) is 0 Å². The van der Waals surface area contributed by atoms with Crippen LogP contribution in [0.5, 0.6) is 0 Å². The van der Waals surface area contributed by atoms with Gasteiger partial charge in [0.1, 0.15) is 4.90 Å². The van der Waals surface area contributed by atoms with Crippen molar-refractivity contribution in [2.24, 2.45) is 5.92 Å². The predicted octanol–water partition coefficient (Wildman–Crippen LogP) is 3.56. The van der Waals surface area contributed by atoms with Crippen LogP contribution in [0.4, 0.5) is 0 Å². The zero-order valence-corrected chi connectivity index (χ0v) is 16.1. The van der Waals surface area contributed by atoms with Gasteiger partial charge in [0.15, 0.2) is 0 Å². The Morgan fingerprint density at radius 2 is 2.13 bits per heavy atom. The Hall–Kier alpha value is -0.370. The molecular weight excluding hydrogens is 375 g/mol. The van der Waals surface area contributed by atoms with Crippen molar-refractivity contribution in [2.45, 2.75) is 31.2 Å². The molecule has 1 aromatic heterocycles. The van der Waals surface area contributed by atoms with Crippen molar-refractivity contribution in [2.75, 3.05) is 13.1 Å². The van der Waals surface area contributed by atoms with Gasteiger partial charge in [-0.2, -0.15) is 0 Å². The van der Waals surface area contributed by atoms with E-state index in [0.717, 1.165) is 29.1 Å². The van der Waals surface area contributed by atoms with E-state index in [9.17, 15) is 8.42 Å². The van der Waals surface area contributed by atoms with Crippen LogP contribution >= 0.6 is 35.3 Å². The highest BCUT2D eigenvalue weighted by Gasteiger charge is 2.29. The molecule has 0 radical (unpaired) electrons. The maximum atomic E-state index is 12.9. The first kappa shape index (κ1) is 19.0. The van der Waals surface area contributed by atoms with Gasteiger partial charge in [-0.3, -0.25) is 0 Å². The number of benzene rings is 1. The lowest BCUT2D eigenvalue weighted by atomic mass is 9.97. The standard InChI is InChI=1S/C15H19ClN2O2S2.ClH/c1-9-8-17-6-5-13(9)18-22(19,20)15-10(2)21-14-4-3-11(16)7-12(14)15;/h3-4,7,9,13,17-18H,5-6,8H2,1-2H3;1H. The van der Waals surface area contributed by atoms with Crippen molar-refractivity contribution in [3.8, 4) is 0 Å². The Labute approximate surface area is 152 Å². The van der Waals surface area contributed by atoms with Crippen LogP contribution < -0.4 is 10.0 Å². The fourth-order valence-corrected chi connectivity index (χ4v) is 6.28. The summed E-state index contributed by atoms with van der Waals surface area (Å²) in [6.45, 7) is 5.59. The van der Waals surface area contributed by atoms with Gasteiger partial charge in [0.05, 0.1) is 0 Å².